The molecule has 5 heteroatoms. The van der Waals surface area contributed by atoms with E-state index in [1.807, 2.05) is 43.3 Å². The van der Waals surface area contributed by atoms with Crippen LogP contribution in [0.15, 0.2) is 48.8 Å². The number of carbonyl (C=O) groups excluding carboxylic acids is 1. The molecular formula is C20H25N3O2. The Balaban J connectivity index is 1.56. The van der Waals surface area contributed by atoms with Crippen LogP contribution in [0.3, 0.4) is 0 Å². The van der Waals surface area contributed by atoms with E-state index in [9.17, 15) is 4.79 Å². The molecule has 25 heavy (non-hydrogen) atoms. The summed E-state index contributed by atoms with van der Waals surface area (Å²) in [6.45, 7) is 3.22. The number of hydrogen-bond acceptors (Lipinski definition) is 3. The van der Waals surface area contributed by atoms with E-state index in [-0.39, 0.29) is 12.1 Å². The van der Waals surface area contributed by atoms with E-state index in [1.165, 1.54) is 12.8 Å². The molecule has 2 amide bonds. The quantitative estimate of drug-likeness (QED) is 0.835. The third-order valence-corrected chi connectivity index (χ3v) is 4.66. The Bertz CT molecular complexity index is 701. The highest BCUT2D eigenvalue weighted by atomic mass is 16.5. The van der Waals surface area contributed by atoms with Crippen molar-refractivity contribution in [3.05, 3.63) is 59.9 Å². The van der Waals surface area contributed by atoms with Gasteiger partial charge in [0, 0.05) is 31.5 Å². The summed E-state index contributed by atoms with van der Waals surface area (Å²) in [7, 11) is 1.80. The van der Waals surface area contributed by atoms with Crippen LogP contribution in [-0.4, -0.2) is 29.6 Å². The highest BCUT2D eigenvalue weighted by molar-refractivity contribution is 5.74. The zero-order valence-electron chi connectivity index (χ0n) is 14.8. The van der Waals surface area contributed by atoms with Crippen molar-refractivity contribution in [2.45, 2.75) is 32.4 Å². The Morgan fingerprint density at radius 3 is 2.72 bits per heavy atom. The molecule has 0 saturated heterocycles. The van der Waals surface area contributed by atoms with Crippen LogP contribution in [0.1, 0.15) is 36.9 Å². The number of pyridine rings is 1. The molecule has 2 aromatic rings. The zero-order valence-corrected chi connectivity index (χ0v) is 14.8. The van der Waals surface area contributed by atoms with E-state index in [0.717, 1.165) is 23.5 Å². The first-order valence-corrected chi connectivity index (χ1v) is 8.76. The van der Waals surface area contributed by atoms with Gasteiger partial charge in [-0.15, -0.1) is 0 Å². The Kier molecular flexibility index (Phi) is 5.53. The molecule has 0 unspecified atom stereocenters. The van der Waals surface area contributed by atoms with Crippen molar-refractivity contribution in [1.82, 2.24) is 15.2 Å². The Morgan fingerprint density at radius 1 is 1.28 bits per heavy atom. The molecule has 0 bridgehead atoms. The van der Waals surface area contributed by atoms with Crippen molar-refractivity contribution in [2.24, 2.45) is 5.92 Å². The van der Waals surface area contributed by atoms with Crippen LogP contribution in [-0.2, 0) is 6.54 Å². The van der Waals surface area contributed by atoms with Crippen molar-refractivity contribution < 1.29 is 9.53 Å². The molecule has 1 aliphatic rings. The summed E-state index contributed by atoms with van der Waals surface area (Å²) in [5.41, 5.74) is 2.06. The summed E-state index contributed by atoms with van der Waals surface area (Å²) in [6.07, 6.45) is 6.00. The second-order valence-electron chi connectivity index (χ2n) is 6.59. The lowest BCUT2D eigenvalue weighted by Gasteiger charge is -2.25. The van der Waals surface area contributed by atoms with Gasteiger partial charge in [-0.3, -0.25) is 4.98 Å². The number of nitrogens with zero attached hydrogens (tertiary/aromatic N) is 2. The minimum atomic E-state index is -0.110. The van der Waals surface area contributed by atoms with Crippen molar-refractivity contribution in [1.29, 1.82) is 0 Å². The summed E-state index contributed by atoms with van der Waals surface area (Å²) in [5, 5.41) is 2.98. The van der Waals surface area contributed by atoms with Gasteiger partial charge in [0.1, 0.15) is 5.75 Å². The highest BCUT2D eigenvalue weighted by Crippen LogP contribution is 2.30. The number of urea groups is 1. The SMILES string of the molecule is C[C@H](c1ccncc1)N(C)C(=O)NCc1ccccc1OCC1CC1. The third kappa shape index (κ3) is 4.72. The Morgan fingerprint density at radius 2 is 2.00 bits per heavy atom. The van der Waals surface area contributed by atoms with Gasteiger partial charge in [0.05, 0.1) is 12.6 Å². The fourth-order valence-electron chi connectivity index (χ4n) is 2.62. The maximum atomic E-state index is 12.5. The molecule has 1 saturated carbocycles. The van der Waals surface area contributed by atoms with Crippen molar-refractivity contribution in [3.63, 3.8) is 0 Å². The van der Waals surface area contributed by atoms with E-state index < -0.39 is 0 Å². The van der Waals surface area contributed by atoms with Gasteiger partial charge in [0.2, 0.25) is 0 Å². The lowest BCUT2D eigenvalue weighted by Crippen LogP contribution is -2.38. The number of hydrogen-bond donors (Lipinski definition) is 1. The lowest BCUT2D eigenvalue weighted by atomic mass is 10.1. The molecule has 5 nitrogen and oxygen atoms in total. The number of benzene rings is 1. The average Bonchev–Trinajstić information content (AvgIpc) is 3.49. The number of amides is 2. The molecule has 0 aliphatic heterocycles. The first kappa shape index (κ1) is 17.3. The van der Waals surface area contributed by atoms with E-state index in [1.54, 1.807) is 24.3 Å². The number of para-hydroxylation sites is 1. The van der Waals surface area contributed by atoms with Crippen molar-refractivity contribution in [3.8, 4) is 5.75 Å². The lowest BCUT2D eigenvalue weighted by molar-refractivity contribution is 0.193. The molecule has 3 rings (SSSR count). The standard InChI is InChI=1S/C20H25N3O2/c1-15(17-9-11-21-12-10-17)23(2)20(24)22-13-18-5-3-4-6-19(18)25-14-16-7-8-16/h3-6,9-12,15-16H,7-8,13-14H2,1-2H3,(H,22,24)/t15-/m1/s1. The molecule has 1 aliphatic carbocycles. The van der Waals surface area contributed by atoms with Crippen LogP contribution >= 0.6 is 0 Å². The number of rotatable bonds is 7. The maximum Gasteiger partial charge on any atom is 0.317 e. The largest absolute Gasteiger partial charge is 0.493 e. The van der Waals surface area contributed by atoms with Crippen molar-refractivity contribution >= 4 is 6.03 Å². The molecule has 1 heterocycles. The topological polar surface area (TPSA) is 54.5 Å². The summed E-state index contributed by atoms with van der Waals surface area (Å²) in [6, 6.07) is 11.6. The molecule has 132 valence electrons. The number of nitrogens with one attached hydrogen (secondary N) is 1. The van der Waals surface area contributed by atoms with E-state index >= 15 is 0 Å². The first-order chi connectivity index (χ1) is 12.1. The van der Waals surface area contributed by atoms with Crippen LogP contribution in [0.5, 0.6) is 5.75 Å². The fraction of sp³-hybridized carbons (Fsp3) is 0.400. The molecule has 1 N–H and O–H groups in total. The van der Waals surface area contributed by atoms with E-state index in [4.69, 9.17) is 4.74 Å². The molecule has 1 atom stereocenters. The second-order valence-corrected chi connectivity index (χ2v) is 6.59. The Hall–Kier alpha value is -2.56. The maximum absolute atomic E-state index is 12.5. The zero-order chi connectivity index (χ0) is 17.6. The van der Waals surface area contributed by atoms with Crippen LogP contribution < -0.4 is 10.1 Å². The van der Waals surface area contributed by atoms with Gasteiger partial charge in [0.25, 0.3) is 0 Å². The predicted molar refractivity (Wildman–Crippen MR) is 97.3 cm³/mol. The van der Waals surface area contributed by atoms with Gasteiger partial charge in [-0.25, -0.2) is 4.79 Å². The molecule has 1 aromatic carbocycles. The molecule has 0 radical (unpaired) electrons. The first-order valence-electron chi connectivity index (χ1n) is 8.76. The van der Waals surface area contributed by atoms with Gasteiger partial charge in [-0.2, -0.15) is 0 Å². The van der Waals surface area contributed by atoms with Crippen LogP contribution in [0.2, 0.25) is 0 Å². The predicted octanol–water partition coefficient (Wildman–Crippen LogP) is 3.77. The second kappa shape index (κ2) is 8.01. The minimum absolute atomic E-state index is 0.0237. The molecule has 1 fully saturated rings. The third-order valence-electron chi connectivity index (χ3n) is 4.66. The normalized spacial score (nSPS) is 14.6. The van der Waals surface area contributed by atoms with Gasteiger partial charge in [-0.05, 0) is 49.4 Å². The minimum Gasteiger partial charge on any atom is -0.493 e. The molecular weight excluding hydrogens is 314 g/mol. The van der Waals surface area contributed by atoms with Gasteiger partial charge in [0.15, 0.2) is 0 Å². The van der Waals surface area contributed by atoms with Gasteiger partial charge in [-0.1, -0.05) is 18.2 Å². The van der Waals surface area contributed by atoms with Crippen LogP contribution in [0.4, 0.5) is 4.79 Å². The monoisotopic (exact) mass is 339 g/mol. The molecule has 1 aromatic heterocycles. The Labute approximate surface area is 149 Å². The number of ether oxygens (including phenoxy) is 1. The number of aromatic nitrogens is 1. The summed E-state index contributed by atoms with van der Waals surface area (Å²) in [5.74, 6) is 1.56. The van der Waals surface area contributed by atoms with Gasteiger partial charge >= 0.3 is 6.03 Å². The van der Waals surface area contributed by atoms with E-state index in [0.29, 0.717) is 12.5 Å². The number of carbonyl (C=O) groups is 1. The van der Waals surface area contributed by atoms with Gasteiger partial charge < -0.3 is 15.0 Å². The van der Waals surface area contributed by atoms with E-state index in [2.05, 4.69) is 10.3 Å². The molecule has 0 spiro atoms. The highest BCUT2D eigenvalue weighted by Gasteiger charge is 2.22. The summed E-state index contributed by atoms with van der Waals surface area (Å²) < 4.78 is 5.90. The van der Waals surface area contributed by atoms with Crippen molar-refractivity contribution in [2.75, 3.05) is 13.7 Å². The summed E-state index contributed by atoms with van der Waals surface area (Å²) >= 11 is 0. The average molecular weight is 339 g/mol. The smallest absolute Gasteiger partial charge is 0.317 e. The fourth-order valence-corrected chi connectivity index (χ4v) is 2.62. The van der Waals surface area contributed by atoms with Crippen LogP contribution in [0, 0.1) is 5.92 Å². The summed E-state index contributed by atoms with van der Waals surface area (Å²) in [4.78, 5) is 18.2. The van der Waals surface area contributed by atoms with Crippen LogP contribution in [0.25, 0.3) is 0 Å².